The topological polar surface area (TPSA) is 65.5 Å². The Labute approximate surface area is 236 Å². The lowest BCUT2D eigenvalue weighted by atomic mass is 9.88. The van der Waals surface area contributed by atoms with Gasteiger partial charge < -0.3 is 15.1 Å². The fourth-order valence-electron chi connectivity index (χ4n) is 5.26. The number of hydrogen-bond donors (Lipinski definition) is 1. The van der Waals surface area contributed by atoms with E-state index in [1.807, 2.05) is 37.2 Å². The highest BCUT2D eigenvalue weighted by molar-refractivity contribution is 6.05. The zero-order valence-corrected chi connectivity index (χ0v) is 23.2. The first-order chi connectivity index (χ1) is 19.5. The molecule has 0 spiro atoms. The summed E-state index contributed by atoms with van der Waals surface area (Å²) in [6.45, 7) is 0.449. The lowest BCUT2D eigenvalue weighted by Gasteiger charge is -2.30. The zero-order chi connectivity index (χ0) is 27.9. The molecule has 0 bridgehead atoms. The van der Waals surface area contributed by atoms with Crippen molar-refractivity contribution in [3.63, 3.8) is 0 Å². The lowest BCUT2D eigenvalue weighted by Crippen LogP contribution is -2.36. The van der Waals surface area contributed by atoms with E-state index in [4.69, 9.17) is 0 Å². The molecule has 4 aromatic rings. The zero-order valence-electron chi connectivity index (χ0n) is 23.2. The van der Waals surface area contributed by atoms with Gasteiger partial charge in [-0.1, -0.05) is 61.7 Å². The molecule has 1 saturated carbocycles. The Morgan fingerprint density at radius 1 is 0.800 bits per heavy atom. The van der Waals surface area contributed by atoms with Crippen molar-refractivity contribution < 1.29 is 9.59 Å². The molecule has 2 amide bonds. The number of nitrogens with one attached hydrogen (secondary N) is 1. The summed E-state index contributed by atoms with van der Waals surface area (Å²) in [6.07, 6.45) is 8.46. The molecular formula is C34H36N4O2. The number of hydrogen-bond acceptors (Lipinski definition) is 4. The van der Waals surface area contributed by atoms with E-state index in [9.17, 15) is 9.59 Å². The summed E-state index contributed by atoms with van der Waals surface area (Å²) < 4.78 is 0. The quantitative estimate of drug-likeness (QED) is 0.261. The molecule has 0 saturated heterocycles. The molecule has 0 aliphatic heterocycles. The van der Waals surface area contributed by atoms with Crippen LogP contribution < -0.4 is 15.1 Å². The highest BCUT2D eigenvalue weighted by Gasteiger charge is 2.27. The van der Waals surface area contributed by atoms with Gasteiger partial charge in [0, 0.05) is 55.0 Å². The van der Waals surface area contributed by atoms with Crippen LogP contribution in [0.1, 0.15) is 48.0 Å². The molecule has 1 aliphatic carbocycles. The van der Waals surface area contributed by atoms with Gasteiger partial charge in [-0.05, 0) is 72.0 Å². The number of rotatable bonds is 8. The number of anilines is 3. The summed E-state index contributed by atoms with van der Waals surface area (Å²) in [7, 11) is 4.07. The smallest absolute Gasteiger partial charge is 0.255 e. The first kappa shape index (κ1) is 27.1. The van der Waals surface area contributed by atoms with Crippen LogP contribution in [-0.4, -0.2) is 30.9 Å². The van der Waals surface area contributed by atoms with Crippen molar-refractivity contribution >= 4 is 28.9 Å². The van der Waals surface area contributed by atoms with Crippen LogP contribution in [-0.2, 0) is 11.3 Å². The van der Waals surface area contributed by atoms with Crippen LogP contribution in [0.2, 0.25) is 0 Å². The maximum absolute atomic E-state index is 13.9. The Morgan fingerprint density at radius 3 is 2.10 bits per heavy atom. The molecule has 6 nitrogen and oxygen atoms in total. The molecule has 40 heavy (non-hydrogen) atoms. The number of carbonyl (C=O) groups excluding carboxylic acids is 2. The second-order valence-electron chi connectivity index (χ2n) is 10.6. The molecule has 0 radical (unpaired) electrons. The Kier molecular flexibility index (Phi) is 8.55. The fourth-order valence-corrected chi connectivity index (χ4v) is 5.26. The second kappa shape index (κ2) is 12.6. The summed E-state index contributed by atoms with van der Waals surface area (Å²) in [6, 6.07) is 27.8. The van der Waals surface area contributed by atoms with Gasteiger partial charge in [0.15, 0.2) is 0 Å². The number of carbonyl (C=O) groups is 2. The maximum atomic E-state index is 13.9. The summed E-state index contributed by atoms with van der Waals surface area (Å²) in [4.78, 5) is 34.8. The number of amides is 2. The Hall–Kier alpha value is -4.45. The summed E-state index contributed by atoms with van der Waals surface area (Å²) in [5.74, 6) is -0.0740. The predicted molar refractivity (Wildman–Crippen MR) is 163 cm³/mol. The third-order valence-corrected chi connectivity index (χ3v) is 7.59. The highest BCUT2D eigenvalue weighted by atomic mass is 16.2. The van der Waals surface area contributed by atoms with Gasteiger partial charge in [0.1, 0.15) is 0 Å². The average molecular weight is 533 g/mol. The van der Waals surface area contributed by atoms with Crippen molar-refractivity contribution in [1.82, 2.24) is 4.98 Å². The van der Waals surface area contributed by atoms with E-state index >= 15 is 0 Å². The van der Waals surface area contributed by atoms with Gasteiger partial charge >= 0.3 is 0 Å². The minimum absolute atomic E-state index is 0.0116. The second-order valence-corrected chi connectivity index (χ2v) is 10.6. The van der Waals surface area contributed by atoms with Crippen molar-refractivity contribution in [1.29, 1.82) is 0 Å². The van der Waals surface area contributed by atoms with E-state index in [1.165, 1.54) is 6.42 Å². The number of aromatic nitrogens is 1. The first-order valence-corrected chi connectivity index (χ1v) is 14.0. The van der Waals surface area contributed by atoms with Crippen molar-refractivity contribution in [2.24, 2.45) is 5.92 Å². The van der Waals surface area contributed by atoms with E-state index in [1.54, 1.807) is 30.6 Å². The van der Waals surface area contributed by atoms with Crippen LogP contribution >= 0.6 is 0 Å². The van der Waals surface area contributed by atoms with Gasteiger partial charge in [-0.25, -0.2) is 0 Å². The molecule has 1 heterocycles. The van der Waals surface area contributed by atoms with Gasteiger partial charge in [0.25, 0.3) is 5.91 Å². The van der Waals surface area contributed by atoms with E-state index in [-0.39, 0.29) is 17.7 Å². The Bertz CT molecular complexity index is 1430. The van der Waals surface area contributed by atoms with Gasteiger partial charge in [-0.3, -0.25) is 14.6 Å². The molecule has 3 aromatic carbocycles. The predicted octanol–water partition coefficient (Wildman–Crippen LogP) is 7.18. The van der Waals surface area contributed by atoms with Crippen LogP contribution in [0.15, 0.2) is 97.3 Å². The molecule has 204 valence electrons. The Balaban J connectivity index is 1.39. The molecular weight excluding hydrogens is 496 g/mol. The monoisotopic (exact) mass is 532 g/mol. The van der Waals surface area contributed by atoms with Crippen LogP contribution in [0, 0.1) is 5.92 Å². The van der Waals surface area contributed by atoms with E-state index in [0.717, 1.165) is 53.7 Å². The standard InChI is InChI=1S/C34H36N4O2/c1-37(2)31-17-15-27(16-18-31)26-13-11-25(12-14-26)24-38(34(40)28-7-4-3-5-8-28)32-10-6-9-29(23-32)33(39)36-30-19-21-35-22-20-30/h6,9-23,28H,3-5,7-8,24H2,1-2H3,(H,35,36,39). The van der Waals surface area contributed by atoms with Crippen molar-refractivity contribution in [3.8, 4) is 11.1 Å². The molecule has 0 atom stereocenters. The van der Waals surface area contributed by atoms with Crippen LogP contribution in [0.25, 0.3) is 11.1 Å². The van der Waals surface area contributed by atoms with E-state index < -0.39 is 0 Å². The summed E-state index contributed by atoms with van der Waals surface area (Å²) >= 11 is 0. The number of pyridine rings is 1. The highest BCUT2D eigenvalue weighted by Crippen LogP contribution is 2.30. The van der Waals surface area contributed by atoms with Crippen molar-refractivity contribution in [3.05, 3.63) is 108 Å². The third kappa shape index (κ3) is 6.57. The van der Waals surface area contributed by atoms with Crippen LogP contribution in [0.3, 0.4) is 0 Å². The molecule has 1 N–H and O–H groups in total. The van der Waals surface area contributed by atoms with Crippen LogP contribution in [0.4, 0.5) is 17.1 Å². The van der Waals surface area contributed by atoms with Crippen LogP contribution in [0.5, 0.6) is 0 Å². The molecule has 0 unspecified atom stereocenters. The molecule has 6 heteroatoms. The fraction of sp³-hybridized carbons (Fsp3) is 0.265. The summed E-state index contributed by atoms with van der Waals surface area (Å²) in [5.41, 5.74) is 6.41. The number of benzene rings is 3. The van der Waals surface area contributed by atoms with Gasteiger partial charge in [-0.2, -0.15) is 0 Å². The summed E-state index contributed by atoms with van der Waals surface area (Å²) in [5, 5.41) is 2.91. The van der Waals surface area contributed by atoms with Gasteiger partial charge in [0.05, 0.1) is 6.54 Å². The first-order valence-electron chi connectivity index (χ1n) is 14.0. The average Bonchev–Trinajstić information content (AvgIpc) is 3.01. The maximum Gasteiger partial charge on any atom is 0.255 e. The largest absolute Gasteiger partial charge is 0.378 e. The molecule has 5 rings (SSSR count). The van der Waals surface area contributed by atoms with Gasteiger partial charge in [0.2, 0.25) is 5.91 Å². The third-order valence-electron chi connectivity index (χ3n) is 7.59. The van der Waals surface area contributed by atoms with E-state index in [0.29, 0.717) is 17.8 Å². The molecule has 1 fully saturated rings. The van der Waals surface area contributed by atoms with Gasteiger partial charge in [-0.15, -0.1) is 0 Å². The Morgan fingerprint density at radius 2 is 1.45 bits per heavy atom. The number of nitrogens with zero attached hydrogens (tertiary/aromatic N) is 3. The SMILES string of the molecule is CN(C)c1ccc(-c2ccc(CN(C(=O)C3CCCCC3)c3cccc(C(=O)Nc4ccncc4)c3)cc2)cc1. The van der Waals surface area contributed by atoms with Crippen molar-refractivity contribution in [2.45, 2.75) is 38.6 Å². The normalized spacial score (nSPS) is 13.4. The molecule has 1 aromatic heterocycles. The minimum atomic E-state index is -0.220. The van der Waals surface area contributed by atoms with Crippen molar-refractivity contribution in [2.75, 3.05) is 29.2 Å². The lowest BCUT2D eigenvalue weighted by molar-refractivity contribution is -0.123. The minimum Gasteiger partial charge on any atom is -0.378 e. The molecule has 1 aliphatic rings. The van der Waals surface area contributed by atoms with E-state index in [2.05, 4.69) is 63.7 Å².